The molecule has 0 saturated heterocycles. The van der Waals surface area contributed by atoms with Gasteiger partial charge < -0.3 is 10.8 Å². The number of hydrogen-bond acceptors (Lipinski definition) is 2. The molecule has 0 saturated carbocycles. The molecule has 1 aromatic carbocycles. The Morgan fingerprint density at radius 1 is 1.38 bits per heavy atom. The van der Waals surface area contributed by atoms with Crippen LogP contribution in [0.15, 0.2) is 30.1 Å². The van der Waals surface area contributed by atoms with Crippen LogP contribution >= 0.6 is 0 Å². The summed E-state index contributed by atoms with van der Waals surface area (Å²) in [7, 11) is 0. The molecule has 3 nitrogen and oxygen atoms in total. The molecule has 3 N–H and O–H groups in total. The minimum Gasteiger partial charge on any atom is -0.476 e. The Morgan fingerprint density at radius 2 is 1.92 bits per heavy atom. The van der Waals surface area contributed by atoms with Crippen molar-refractivity contribution in [1.29, 1.82) is 0 Å². The third kappa shape index (κ3) is 2.59. The Morgan fingerprint density at radius 3 is 2.38 bits per heavy atom. The third-order valence-corrected chi connectivity index (χ3v) is 1.43. The Kier molecular flexibility index (Phi) is 2.64. The largest absolute Gasteiger partial charge is 0.476 e. The van der Waals surface area contributed by atoms with E-state index in [1.54, 1.807) is 12.1 Å². The summed E-state index contributed by atoms with van der Waals surface area (Å²) in [5, 5.41) is 8.23. The fourth-order valence-corrected chi connectivity index (χ4v) is 0.800. The number of benzene rings is 1. The van der Waals surface area contributed by atoms with E-state index in [1.807, 2.05) is 0 Å². The Bertz CT molecular complexity index is 343. The van der Waals surface area contributed by atoms with Crippen molar-refractivity contribution in [2.45, 2.75) is 0 Å². The first-order valence-electron chi connectivity index (χ1n) is 3.55. The number of nitrogen functional groups attached to an aromatic ring is 1. The van der Waals surface area contributed by atoms with Gasteiger partial charge in [-0.1, -0.05) is 12.1 Å². The SMILES string of the molecule is Nc1ccc(/C=C(\F)C(=O)O)cc1. The maximum atomic E-state index is 12.5. The molecule has 0 aliphatic rings. The van der Waals surface area contributed by atoms with E-state index in [4.69, 9.17) is 10.8 Å². The summed E-state index contributed by atoms with van der Waals surface area (Å²) in [4.78, 5) is 10.1. The van der Waals surface area contributed by atoms with Gasteiger partial charge in [0.05, 0.1) is 0 Å². The highest BCUT2D eigenvalue weighted by Crippen LogP contribution is 2.10. The molecule has 0 heterocycles. The van der Waals surface area contributed by atoms with Crippen molar-refractivity contribution in [3.63, 3.8) is 0 Å². The van der Waals surface area contributed by atoms with E-state index in [2.05, 4.69) is 0 Å². The molecule has 0 aliphatic carbocycles. The summed E-state index contributed by atoms with van der Waals surface area (Å²) < 4.78 is 12.5. The summed E-state index contributed by atoms with van der Waals surface area (Å²) in [6, 6.07) is 6.22. The second-order valence-corrected chi connectivity index (χ2v) is 2.46. The quantitative estimate of drug-likeness (QED) is 0.538. The number of carboxylic acids is 1. The van der Waals surface area contributed by atoms with Crippen LogP contribution in [0, 0.1) is 0 Å². The molecule has 1 rings (SSSR count). The van der Waals surface area contributed by atoms with Crippen LogP contribution in [0.25, 0.3) is 6.08 Å². The average molecular weight is 181 g/mol. The van der Waals surface area contributed by atoms with E-state index >= 15 is 0 Å². The molecule has 68 valence electrons. The third-order valence-electron chi connectivity index (χ3n) is 1.43. The molecule has 0 aliphatic heterocycles. The van der Waals surface area contributed by atoms with Crippen molar-refractivity contribution < 1.29 is 14.3 Å². The molecule has 0 bridgehead atoms. The number of anilines is 1. The van der Waals surface area contributed by atoms with E-state index in [-0.39, 0.29) is 0 Å². The molecule has 0 atom stereocenters. The highest BCUT2D eigenvalue weighted by Gasteiger charge is 2.04. The molecule has 0 amide bonds. The average Bonchev–Trinajstić information content (AvgIpc) is 2.08. The summed E-state index contributed by atoms with van der Waals surface area (Å²) >= 11 is 0. The lowest BCUT2D eigenvalue weighted by Gasteiger charge is -1.94. The second kappa shape index (κ2) is 3.71. The zero-order chi connectivity index (χ0) is 9.84. The van der Waals surface area contributed by atoms with Gasteiger partial charge in [0, 0.05) is 5.69 Å². The van der Waals surface area contributed by atoms with Crippen LogP contribution in [0.1, 0.15) is 5.56 Å². The first kappa shape index (κ1) is 9.25. The van der Waals surface area contributed by atoms with Gasteiger partial charge >= 0.3 is 5.97 Å². The standard InChI is InChI=1S/C9H8FNO2/c10-8(9(12)13)5-6-1-3-7(11)4-2-6/h1-5H,11H2,(H,12,13)/b8-5-. The van der Waals surface area contributed by atoms with E-state index in [0.717, 1.165) is 6.08 Å². The molecule has 0 aromatic heterocycles. The minimum absolute atomic E-state index is 0.467. The van der Waals surface area contributed by atoms with Gasteiger partial charge in [0.25, 0.3) is 0 Å². The molecule has 4 heteroatoms. The minimum atomic E-state index is -1.57. The predicted molar refractivity (Wildman–Crippen MR) is 47.6 cm³/mol. The van der Waals surface area contributed by atoms with Gasteiger partial charge in [0.15, 0.2) is 0 Å². The van der Waals surface area contributed by atoms with E-state index in [1.165, 1.54) is 12.1 Å². The normalized spacial score (nSPS) is 11.3. The summed E-state index contributed by atoms with van der Waals surface area (Å²) in [6.07, 6.45) is 0.932. The Balaban J connectivity index is 2.92. The molecule has 0 unspecified atom stereocenters. The van der Waals surface area contributed by atoms with Crippen LogP contribution in [0.5, 0.6) is 0 Å². The molecule has 1 aromatic rings. The lowest BCUT2D eigenvalue weighted by Crippen LogP contribution is -1.94. The zero-order valence-electron chi connectivity index (χ0n) is 6.70. The molecule has 13 heavy (non-hydrogen) atoms. The highest BCUT2D eigenvalue weighted by molar-refractivity contribution is 5.89. The van der Waals surface area contributed by atoms with Gasteiger partial charge in [-0.25, -0.2) is 4.79 Å². The van der Waals surface area contributed by atoms with Crippen molar-refractivity contribution >= 4 is 17.7 Å². The van der Waals surface area contributed by atoms with Crippen LogP contribution in [-0.2, 0) is 4.79 Å². The van der Waals surface area contributed by atoms with Crippen molar-refractivity contribution in [2.75, 3.05) is 5.73 Å². The van der Waals surface area contributed by atoms with E-state index < -0.39 is 11.8 Å². The van der Waals surface area contributed by atoms with Gasteiger partial charge in [-0.3, -0.25) is 0 Å². The molecule has 0 radical (unpaired) electrons. The molecule has 0 fully saturated rings. The lowest BCUT2D eigenvalue weighted by atomic mass is 10.2. The molecular formula is C9H8FNO2. The monoisotopic (exact) mass is 181 g/mol. The zero-order valence-corrected chi connectivity index (χ0v) is 6.70. The number of carboxylic acid groups (broad SMARTS) is 1. The van der Waals surface area contributed by atoms with Gasteiger partial charge in [-0.05, 0) is 23.8 Å². The number of nitrogens with two attached hydrogens (primary N) is 1. The first-order chi connectivity index (χ1) is 6.09. The predicted octanol–water partition coefficient (Wildman–Crippen LogP) is 1.66. The van der Waals surface area contributed by atoms with Gasteiger partial charge in [-0.15, -0.1) is 0 Å². The lowest BCUT2D eigenvalue weighted by molar-refractivity contribution is -0.134. The van der Waals surface area contributed by atoms with Crippen LogP contribution < -0.4 is 5.73 Å². The van der Waals surface area contributed by atoms with Crippen molar-refractivity contribution in [3.05, 3.63) is 35.7 Å². The van der Waals surface area contributed by atoms with Crippen LogP contribution in [0.4, 0.5) is 10.1 Å². The van der Waals surface area contributed by atoms with Gasteiger partial charge in [0.1, 0.15) is 0 Å². The van der Waals surface area contributed by atoms with E-state index in [0.29, 0.717) is 11.3 Å². The number of rotatable bonds is 2. The smallest absolute Gasteiger partial charge is 0.364 e. The maximum absolute atomic E-state index is 12.5. The highest BCUT2D eigenvalue weighted by atomic mass is 19.1. The topological polar surface area (TPSA) is 63.3 Å². The fraction of sp³-hybridized carbons (Fsp3) is 0. The molecule has 0 spiro atoms. The van der Waals surface area contributed by atoms with Crippen molar-refractivity contribution in [2.24, 2.45) is 0 Å². The fourth-order valence-electron chi connectivity index (χ4n) is 0.800. The Labute approximate surface area is 74.3 Å². The van der Waals surface area contributed by atoms with Crippen LogP contribution in [0.2, 0.25) is 0 Å². The first-order valence-corrected chi connectivity index (χ1v) is 3.55. The van der Waals surface area contributed by atoms with Gasteiger partial charge in [-0.2, -0.15) is 4.39 Å². The van der Waals surface area contributed by atoms with E-state index in [9.17, 15) is 9.18 Å². The van der Waals surface area contributed by atoms with Crippen LogP contribution in [-0.4, -0.2) is 11.1 Å². The number of hydrogen-bond donors (Lipinski definition) is 2. The summed E-state index contributed by atoms with van der Waals surface area (Å²) in [5.74, 6) is -2.76. The second-order valence-electron chi connectivity index (χ2n) is 2.46. The van der Waals surface area contributed by atoms with Crippen LogP contribution in [0.3, 0.4) is 0 Å². The Hall–Kier alpha value is -1.84. The number of halogens is 1. The number of aliphatic carboxylic acids is 1. The summed E-state index contributed by atoms with van der Waals surface area (Å²) in [6.45, 7) is 0. The van der Waals surface area contributed by atoms with Crippen molar-refractivity contribution in [3.8, 4) is 0 Å². The summed E-state index contributed by atoms with van der Waals surface area (Å²) in [5.41, 5.74) is 6.40. The maximum Gasteiger partial charge on any atom is 0.364 e. The van der Waals surface area contributed by atoms with Crippen molar-refractivity contribution in [1.82, 2.24) is 0 Å². The van der Waals surface area contributed by atoms with Gasteiger partial charge in [0.2, 0.25) is 5.83 Å². The molecular weight excluding hydrogens is 173 g/mol. The number of carbonyl (C=O) groups is 1.